The smallest absolute Gasteiger partial charge is 0.320 e. The van der Waals surface area contributed by atoms with E-state index in [4.69, 9.17) is 0 Å². The number of hydrogen-bond acceptors (Lipinski definition) is 3. The summed E-state index contributed by atoms with van der Waals surface area (Å²) in [4.78, 5) is 12.2. The number of amides is 2. The van der Waals surface area contributed by atoms with Gasteiger partial charge >= 0.3 is 6.03 Å². The number of urea groups is 1. The second kappa shape index (κ2) is 5.51. The zero-order valence-corrected chi connectivity index (χ0v) is 12.7. The predicted molar refractivity (Wildman–Crippen MR) is 84.5 cm³/mol. The second-order valence-electron chi connectivity index (χ2n) is 5.26. The molecule has 7 nitrogen and oxygen atoms in total. The van der Waals surface area contributed by atoms with Gasteiger partial charge in [0.05, 0.1) is 17.8 Å². The van der Waals surface area contributed by atoms with Gasteiger partial charge in [-0.05, 0) is 19.1 Å². The molecule has 0 fully saturated rings. The zero-order chi connectivity index (χ0) is 15.7. The monoisotopic (exact) mass is 298 g/mol. The highest BCUT2D eigenvalue weighted by molar-refractivity contribution is 5.99. The van der Waals surface area contributed by atoms with E-state index in [1.165, 1.54) is 0 Å². The lowest BCUT2D eigenvalue weighted by Crippen LogP contribution is -2.31. The number of fused-ring (bicyclic) bond motifs is 1. The summed E-state index contributed by atoms with van der Waals surface area (Å²) in [5.74, 6) is 0.550. The van der Waals surface area contributed by atoms with Crippen LogP contribution in [0.3, 0.4) is 0 Å². The number of hydrogen-bond donors (Lipinski definition) is 2. The van der Waals surface area contributed by atoms with Crippen LogP contribution < -0.4 is 10.6 Å². The number of rotatable bonds is 3. The number of carbonyl (C=O) groups is 1. The number of benzene rings is 1. The summed E-state index contributed by atoms with van der Waals surface area (Å²) in [5.41, 5.74) is 1.92. The largest absolute Gasteiger partial charge is 0.331 e. The Hall–Kier alpha value is -2.83. The minimum atomic E-state index is -0.291. The number of aryl methyl sites for hydroxylation is 2. The first-order valence-electron chi connectivity index (χ1n) is 7.02. The van der Waals surface area contributed by atoms with Crippen LogP contribution in [0.5, 0.6) is 0 Å². The van der Waals surface area contributed by atoms with Gasteiger partial charge in [-0.1, -0.05) is 12.1 Å². The fourth-order valence-corrected chi connectivity index (χ4v) is 2.39. The molecule has 0 saturated carbocycles. The number of nitrogens with zero attached hydrogens (tertiary/aromatic N) is 4. The molecule has 0 aliphatic rings. The third kappa shape index (κ3) is 2.65. The molecule has 2 aromatic heterocycles. The predicted octanol–water partition coefficient (Wildman–Crippen LogP) is 2.19. The summed E-state index contributed by atoms with van der Waals surface area (Å²) in [7, 11) is 3.69. The molecule has 1 atom stereocenters. The number of nitrogens with one attached hydrogen (secondary N) is 2. The molecule has 2 amide bonds. The van der Waals surface area contributed by atoms with Gasteiger partial charge in [-0.2, -0.15) is 10.2 Å². The van der Waals surface area contributed by atoms with E-state index < -0.39 is 0 Å². The number of anilines is 1. The van der Waals surface area contributed by atoms with Gasteiger partial charge in [-0.15, -0.1) is 0 Å². The molecular weight excluding hydrogens is 280 g/mol. The van der Waals surface area contributed by atoms with Gasteiger partial charge in [0.2, 0.25) is 0 Å². The van der Waals surface area contributed by atoms with Gasteiger partial charge in [0.15, 0.2) is 5.82 Å². The Bertz CT molecular complexity index is 818. The molecule has 1 unspecified atom stereocenters. The van der Waals surface area contributed by atoms with E-state index in [2.05, 4.69) is 20.8 Å². The summed E-state index contributed by atoms with van der Waals surface area (Å²) in [6.45, 7) is 1.91. The van der Waals surface area contributed by atoms with E-state index in [0.29, 0.717) is 5.82 Å². The Morgan fingerprint density at radius 3 is 2.77 bits per heavy atom. The van der Waals surface area contributed by atoms with Crippen molar-refractivity contribution in [3.8, 4) is 0 Å². The van der Waals surface area contributed by atoms with Crippen LogP contribution in [0.2, 0.25) is 0 Å². The Kier molecular flexibility index (Phi) is 3.54. The van der Waals surface area contributed by atoms with E-state index in [0.717, 1.165) is 16.5 Å². The molecule has 3 rings (SSSR count). The van der Waals surface area contributed by atoms with Crippen LogP contribution in [-0.4, -0.2) is 25.6 Å². The highest BCUT2D eigenvalue weighted by Gasteiger charge is 2.14. The average molecular weight is 298 g/mol. The first-order chi connectivity index (χ1) is 10.5. The van der Waals surface area contributed by atoms with Crippen LogP contribution in [0.4, 0.5) is 10.6 Å². The lowest BCUT2D eigenvalue weighted by atomic mass is 10.2. The Morgan fingerprint density at radius 1 is 1.27 bits per heavy atom. The van der Waals surface area contributed by atoms with E-state index in [-0.39, 0.29) is 12.1 Å². The Morgan fingerprint density at radius 2 is 2.05 bits per heavy atom. The normalized spacial score (nSPS) is 12.3. The zero-order valence-electron chi connectivity index (χ0n) is 12.7. The molecule has 0 spiro atoms. The molecule has 0 aliphatic heterocycles. The summed E-state index contributed by atoms with van der Waals surface area (Å²) in [6.07, 6.45) is 3.61. The van der Waals surface area contributed by atoms with Gasteiger partial charge in [-0.25, -0.2) is 4.79 Å². The third-order valence-corrected chi connectivity index (χ3v) is 3.56. The summed E-state index contributed by atoms with van der Waals surface area (Å²) in [6, 6.07) is 7.33. The van der Waals surface area contributed by atoms with Crippen molar-refractivity contribution in [3.05, 3.63) is 42.2 Å². The SMILES string of the molecule is CC(NC(=O)Nc1nn(C)c2ccccc12)c1cnn(C)c1. The van der Waals surface area contributed by atoms with E-state index in [1.54, 1.807) is 15.6 Å². The van der Waals surface area contributed by atoms with Crippen molar-refractivity contribution in [2.24, 2.45) is 14.1 Å². The third-order valence-electron chi connectivity index (χ3n) is 3.56. The van der Waals surface area contributed by atoms with E-state index >= 15 is 0 Å². The minimum Gasteiger partial charge on any atom is -0.331 e. The van der Waals surface area contributed by atoms with Gasteiger partial charge in [0, 0.05) is 31.2 Å². The van der Waals surface area contributed by atoms with Crippen LogP contribution in [0.1, 0.15) is 18.5 Å². The summed E-state index contributed by atoms with van der Waals surface area (Å²) >= 11 is 0. The van der Waals surface area contributed by atoms with Crippen molar-refractivity contribution in [2.75, 3.05) is 5.32 Å². The quantitative estimate of drug-likeness (QED) is 0.778. The van der Waals surface area contributed by atoms with Crippen LogP contribution in [-0.2, 0) is 14.1 Å². The first-order valence-corrected chi connectivity index (χ1v) is 7.02. The maximum Gasteiger partial charge on any atom is 0.320 e. The van der Waals surface area contributed by atoms with Gasteiger partial charge in [0.1, 0.15) is 0 Å². The molecule has 1 aromatic carbocycles. The number of carbonyl (C=O) groups excluding carboxylic acids is 1. The maximum absolute atomic E-state index is 12.2. The van der Waals surface area contributed by atoms with Crippen molar-refractivity contribution < 1.29 is 4.79 Å². The van der Waals surface area contributed by atoms with Crippen molar-refractivity contribution in [1.82, 2.24) is 24.9 Å². The van der Waals surface area contributed by atoms with Crippen LogP contribution >= 0.6 is 0 Å². The van der Waals surface area contributed by atoms with Gasteiger partial charge in [-0.3, -0.25) is 14.7 Å². The number of aromatic nitrogens is 4. The average Bonchev–Trinajstić information content (AvgIpc) is 3.04. The van der Waals surface area contributed by atoms with Crippen LogP contribution in [0, 0.1) is 0 Å². The first kappa shape index (κ1) is 14.1. The summed E-state index contributed by atoms with van der Waals surface area (Å²) in [5, 5.41) is 15.0. The lowest BCUT2D eigenvalue weighted by molar-refractivity contribution is 0.249. The van der Waals surface area contributed by atoms with E-state index in [1.807, 2.05) is 51.5 Å². The fraction of sp³-hybridized carbons (Fsp3) is 0.267. The molecule has 3 aromatic rings. The molecule has 2 heterocycles. The Labute approximate surface area is 127 Å². The number of para-hydroxylation sites is 1. The van der Waals surface area contributed by atoms with Crippen LogP contribution in [0.25, 0.3) is 10.9 Å². The highest BCUT2D eigenvalue weighted by atomic mass is 16.2. The highest BCUT2D eigenvalue weighted by Crippen LogP contribution is 2.21. The lowest BCUT2D eigenvalue weighted by Gasteiger charge is -2.12. The molecular formula is C15H18N6O. The van der Waals surface area contributed by atoms with Gasteiger partial charge < -0.3 is 5.32 Å². The molecule has 2 N–H and O–H groups in total. The molecule has 0 saturated heterocycles. The van der Waals surface area contributed by atoms with Gasteiger partial charge in [0.25, 0.3) is 0 Å². The molecule has 7 heteroatoms. The molecule has 114 valence electrons. The summed E-state index contributed by atoms with van der Waals surface area (Å²) < 4.78 is 3.45. The minimum absolute atomic E-state index is 0.135. The van der Waals surface area contributed by atoms with Crippen molar-refractivity contribution >= 4 is 22.8 Å². The fourth-order valence-electron chi connectivity index (χ4n) is 2.39. The van der Waals surface area contributed by atoms with Crippen molar-refractivity contribution in [2.45, 2.75) is 13.0 Å². The van der Waals surface area contributed by atoms with E-state index in [9.17, 15) is 4.79 Å². The second-order valence-corrected chi connectivity index (χ2v) is 5.26. The maximum atomic E-state index is 12.2. The molecule has 0 aliphatic carbocycles. The molecule has 0 bridgehead atoms. The van der Waals surface area contributed by atoms with Crippen LogP contribution in [0.15, 0.2) is 36.7 Å². The standard InChI is InChI=1S/C15H18N6O/c1-10(11-8-16-20(2)9-11)17-15(22)18-14-12-6-4-5-7-13(12)21(3)19-14/h4-10H,1-3H3,(H2,17,18,19,22). The Balaban J connectivity index is 1.73. The molecule has 0 radical (unpaired) electrons. The molecule has 22 heavy (non-hydrogen) atoms. The topological polar surface area (TPSA) is 76.8 Å². The van der Waals surface area contributed by atoms with Crippen molar-refractivity contribution in [3.63, 3.8) is 0 Å². The van der Waals surface area contributed by atoms with Crippen molar-refractivity contribution in [1.29, 1.82) is 0 Å².